The summed E-state index contributed by atoms with van der Waals surface area (Å²) in [6.45, 7) is 0. The van der Waals surface area contributed by atoms with Gasteiger partial charge in [0.05, 0.1) is 17.4 Å². The maximum Gasteiger partial charge on any atom is 0.258 e. The number of aromatic nitrogens is 4. The Labute approximate surface area is 149 Å². The van der Waals surface area contributed by atoms with Crippen LogP contribution in [0, 0.1) is 5.82 Å². The molecular formula is C20H17FN4O. The normalized spacial score (nSPS) is 15.1. The highest BCUT2D eigenvalue weighted by molar-refractivity contribution is 5.81. The predicted octanol–water partition coefficient (Wildman–Crippen LogP) is 5.01. The van der Waals surface area contributed by atoms with Gasteiger partial charge in [-0.2, -0.15) is 4.98 Å². The lowest BCUT2D eigenvalue weighted by atomic mass is 10.1. The maximum absolute atomic E-state index is 13.1. The molecule has 0 atom stereocenters. The minimum absolute atomic E-state index is 0.295. The van der Waals surface area contributed by atoms with E-state index in [1.54, 1.807) is 12.1 Å². The van der Waals surface area contributed by atoms with Crippen LogP contribution in [0.2, 0.25) is 0 Å². The molecule has 130 valence electrons. The van der Waals surface area contributed by atoms with Crippen LogP contribution in [0.3, 0.4) is 0 Å². The van der Waals surface area contributed by atoms with E-state index in [2.05, 4.69) is 25.8 Å². The van der Waals surface area contributed by atoms with Gasteiger partial charge in [-0.1, -0.05) is 18.0 Å². The Morgan fingerprint density at radius 3 is 2.58 bits per heavy atom. The maximum atomic E-state index is 13.1. The van der Waals surface area contributed by atoms with Crippen LogP contribution in [0.1, 0.15) is 31.7 Å². The lowest BCUT2D eigenvalue weighted by Crippen LogP contribution is -2.02. The molecule has 0 amide bonds. The molecule has 1 aliphatic carbocycles. The van der Waals surface area contributed by atoms with Gasteiger partial charge in [0.15, 0.2) is 0 Å². The van der Waals surface area contributed by atoms with Crippen molar-refractivity contribution in [2.24, 2.45) is 0 Å². The molecule has 0 spiro atoms. The van der Waals surface area contributed by atoms with Crippen molar-refractivity contribution in [3.63, 3.8) is 0 Å². The summed E-state index contributed by atoms with van der Waals surface area (Å²) in [6, 6.07) is 12.6. The third-order valence-electron chi connectivity index (χ3n) is 5.07. The van der Waals surface area contributed by atoms with E-state index in [0.29, 0.717) is 23.3 Å². The quantitative estimate of drug-likeness (QED) is 0.522. The van der Waals surface area contributed by atoms with E-state index < -0.39 is 0 Å². The Morgan fingerprint density at radius 1 is 1.00 bits per heavy atom. The molecule has 0 N–H and O–H groups in total. The van der Waals surface area contributed by atoms with Gasteiger partial charge in [-0.05, 0) is 55.3 Å². The molecule has 2 aromatic heterocycles. The van der Waals surface area contributed by atoms with E-state index in [-0.39, 0.29) is 5.82 Å². The molecule has 0 radical (unpaired) electrons. The molecule has 5 nitrogen and oxygen atoms in total. The first-order valence-corrected chi connectivity index (χ1v) is 8.84. The van der Waals surface area contributed by atoms with Crippen LogP contribution in [0.15, 0.2) is 53.3 Å². The molecule has 4 aromatic rings. The lowest BCUT2D eigenvalue weighted by Gasteiger charge is -2.11. The van der Waals surface area contributed by atoms with E-state index in [4.69, 9.17) is 4.52 Å². The van der Waals surface area contributed by atoms with E-state index in [1.807, 2.05) is 18.5 Å². The molecule has 0 saturated heterocycles. The fourth-order valence-electron chi connectivity index (χ4n) is 3.69. The Morgan fingerprint density at radius 2 is 1.77 bits per heavy atom. The number of rotatable bonds is 3. The summed E-state index contributed by atoms with van der Waals surface area (Å²) in [6.07, 6.45) is 6.96. The highest BCUT2D eigenvalue weighted by atomic mass is 19.1. The molecule has 2 heterocycles. The van der Waals surface area contributed by atoms with E-state index in [0.717, 1.165) is 16.6 Å². The molecule has 6 heteroatoms. The number of benzene rings is 2. The first-order chi connectivity index (χ1) is 12.8. The second-order valence-electron chi connectivity index (χ2n) is 6.72. The van der Waals surface area contributed by atoms with Gasteiger partial charge in [-0.15, -0.1) is 0 Å². The second kappa shape index (κ2) is 6.05. The van der Waals surface area contributed by atoms with Gasteiger partial charge in [0.1, 0.15) is 5.82 Å². The zero-order chi connectivity index (χ0) is 17.5. The van der Waals surface area contributed by atoms with Crippen LogP contribution in [-0.4, -0.2) is 19.7 Å². The van der Waals surface area contributed by atoms with Crippen LogP contribution in [0.25, 0.3) is 33.9 Å². The number of hydrogen-bond donors (Lipinski definition) is 0. The van der Waals surface area contributed by atoms with Gasteiger partial charge in [0.2, 0.25) is 5.82 Å². The lowest BCUT2D eigenvalue weighted by molar-refractivity contribution is 0.432. The van der Waals surface area contributed by atoms with Gasteiger partial charge < -0.3 is 9.09 Å². The second-order valence-corrected chi connectivity index (χ2v) is 6.72. The molecule has 0 aliphatic heterocycles. The summed E-state index contributed by atoms with van der Waals surface area (Å²) in [7, 11) is 0. The summed E-state index contributed by atoms with van der Waals surface area (Å²) in [5.74, 6) is 0.579. The summed E-state index contributed by atoms with van der Waals surface area (Å²) >= 11 is 0. The zero-order valence-electron chi connectivity index (χ0n) is 14.1. The smallest absolute Gasteiger partial charge is 0.258 e. The van der Waals surface area contributed by atoms with E-state index >= 15 is 0 Å². The molecule has 26 heavy (non-hydrogen) atoms. The van der Waals surface area contributed by atoms with Gasteiger partial charge in [0.25, 0.3) is 5.89 Å². The fraction of sp³-hybridized carbons (Fsp3) is 0.250. The molecule has 1 fully saturated rings. The number of fused-ring (bicyclic) bond motifs is 1. The molecule has 1 aliphatic rings. The summed E-state index contributed by atoms with van der Waals surface area (Å²) in [5.41, 5.74) is 3.62. The van der Waals surface area contributed by atoms with Gasteiger partial charge >= 0.3 is 0 Å². The first-order valence-electron chi connectivity index (χ1n) is 8.84. The highest BCUT2D eigenvalue weighted by Gasteiger charge is 2.19. The number of hydrogen-bond acceptors (Lipinski definition) is 4. The molecule has 1 saturated carbocycles. The number of halogens is 1. The van der Waals surface area contributed by atoms with Gasteiger partial charge in [0, 0.05) is 17.2 Å². The Kier molecular flexibility index (Phi) is 3.55. The average Bonchev–Trinajstić information content (AvgIpc) is 3.41. The zero-order valence-corrected chi connectivity index (χ0v) is 14.1. The number of nitrogens with zero attached hydrogens (tertiary/aromatic N) is 4. The fourth-order valence-corrected chi connectivity index (χ4v) is 3.69. The topological polar surface area (TPSA) is 56.7 Å². The number of imidazole rings is 1. The largest absolute Gasteiger partial charge is 0.334 e. The summed E-state index contributed by atoms with van der Waals surface area (Å²) < 4.78 is 20.7. The standard InChI is InChI=1S/C20H17FN4O/c21-15-8-5-13(6-9-15)20-23-19(24-26-20)14-7-10-18-17(11-14)22-12-25(18)16-3-1-2-4-16/h5-12,16H,1-4H2. The van der Waals surface area contributed by atoms with Crippen LogP contribution in [0.4, 0.5) is 4.39 Å². The van der Waals surface area contributed by atoms with Crippen molar-refractivity contribution in [2.45, 2.75) is 31.7 Å². The minimum Gasteiger partial charge on any atom is -0.334 e. The Bertz CT molecular complexity index is 1060. The Hall–Kier alpha value is -3.02. The summed E-state index contributed by atoms with van der Waals surface area (Å²) in [5, 5.41) is 4.06. The van der Waals surface area contributed by atoms with Crippen molar-refractivity contribution in [3.8, 4) is 22.8 Å². The Balaban J connectivity index is 1.48. The highest BCUT2D eigenvalue weighted by Crippen LogP contribution is 2.33. The van der Waals surface area contributed by atoms with Crippen molar-refractivity contribution in [1.82, 2.24) is 19.7 Å². The average molecular weight is 348 g/mol. The third-order valence-corrected chi connectivity index (χ3v) is 5.07. The van der Waals surface area contributed by atoms with Crippen LogP contribution >= 0.6 is 0 Å². The van der Waals surface area contributed by atoms with Crippen molar-refractivity contribution in [2.75, 3.05) is 0 Å². The minimum atomic E-state index is -0.295. The molecule has 0 unspecified atom stereocenters. The molecular weight excluding hydrogens is 331 g/mol. The predicted molar refractivity (Wildman–Crippen MR) is 95.9 cm³/mol. The van der Waals surface area contributed by atoms with E-state index in [9.17, 15) is 4.39 Å². The van der Waals surface area contributed by atoms with Crippen molar-refractivity contribution < 1.29 is 8.91 Å². The van der Waals surface area contributed by atoms with Crippen LogP contribution < -0.4 is 0 Å². The molecule has 5 rings (SSSR count). The monoisotopic (exact) mass is 348 g/mol. The summed E-state index contributed by atoms with van der Waals surface area (Å²) in [4.78, 5) is 9.00. The molecule has 2 aromatic carbocycles. The van der Waals surface area contributed by atoms with Crippen LogP contribution in [-0.2, 0) is 0 Å². The van der Waals surface area contributed by atoms with Crippen molar-refractivity contribution >= 4 is 11.0 Å². The van der Waals surface area contributed by atoms with Gasteiger partial charge in [-0.25, -0.2) is 9.37 Å². The van der Waals surface area contributed by atoms with Crippen molar-refractivity contribution in [3.05, 3.63) is 54.6 Å². The molecule has 0 bridgehead atoms. The third kappa shape index (κ3) is 2.58. The van der Waals surface area contributed by atoms with Gasteiger partial charge in [-0.3, -0.25) is 0 Å². The van der Waals surface area contributed by atoms with Crippen molar-refractivity contribution in [1.29, 1.82) is 0 Å². The van der Waals surface area contributed by atoms with E-state index in [1.165, 1.54) is 37.8 Å². The SMILES string of the molecule is Fc1ccc(-c2nc(-c3ccc4c(c3)ncn4C3CCCC3)no2)cc1. The van der Waals surface area contributed by atoms with Crippen LogP contribution in [0.5, 0.6) is 0 Å². The first kappa shape index (κ1) is 15.3.